The van der Waals surface area contributed by atoms with Crippen LogP contribution in [0.2, 0.25) is 0 Å². The summed E-state index contributed by atoms with van der Waals surface area (Å²) in [4.78, 5) is 3.94. The molecule has 13 heavy (non-hydrogen) atoms. The molecule has 0 amide bonds. The predicted octanol–water partition coefficient (Wildman–Crippen LogP) is 3.11. The molecule has 1 nitrogen and oxygen atoms in total. The van der Waals surface area contributed by atoms with E-state index in [2.05, 4.69) is 4.98 Å². The molecule has 0 fully saturated rings. The summed E-state index contributed by atoms with van der Waals surface area (Å²) >= 11 is 5.61. The van der Waals surface area contributed by atoms with Crippen molar-refractivity contribution in [3.8, 4) is 0 Å². The van der Waals surface area contributed by atoms with Gasteiger partial charge in [0.1, 0.15) is 11.3 Å². The highest BCUT2D eigenvalue weighted by molar-refractivity contribution is 6.17. The molecule has 0 saturated carbocycles. The number of aromatic nitrogens is 1. The first-order chi connectivity index (χ1) is 6.31. The van der Waals surface area contributed by atoms with Crippen LogP contribution >= 0.6 is 11.6 Å². The molecule has 1 heterocycles. The maximum Gasteiger partial charge on any atom is 0.149 e. The fraction of sp³-hybridized carbons (Fsp3) is 0.100. The number of hydrogen-bond acceptors (Lipinski definition) is 1. The zero-order valence-corrected chi connectivity index (χ0v) is 7.55. The second-order valence-corrected chi connectivity index (χ2v) is 3.05. The Labute approximate surface area is 80.2 Å². The van der Waals surface area contributed by atoms with Crippen LogP contribution in [0.1, 0.15) is 5.56 Å². The normalized spacial score (nSPS) is 10.6. The number of nitrogens with zero attached hydrogens (tertiary/aromatic N) is 1. The molecule has 66 valence electrons. The number of halogens is 2. The first-order valence-corrected chi connectivity index (χ1v) is 4.44. The van der Waals surface area contributed by atoms with Gasteiger partial charge in [-0.2, -0.15) is 0 Å². The lowest BCUT2D eigenvalue weighted by Crippen LogP contribution is -1.86. The second kappa shape index (κ2) is 3.30. The summed E-state index contributed by atoms with van der Waals surface area (Å²) in [5, 5.41) is 0.790. The largest absolute Gasteiger partial charge is 0.253 e. The number of alkyl halides is 1. The van der Waals surface area contributed by atoms with E-state index in [1.807, 2.05) is 12.1 Å². The summed E-state index contributed by atoms with van der Waals surface area (Å²) in [5.41, 5.74) is 1.18. The highest BCUT2D eigenvalue weighted by atomic mass is 35.5. The Balaban J connectivity index is 2.77. The summed E-state index contributed by atoms with van der Waals surface area (Å²) in [6.45, 7) is 0. The van der Waals surface area contributed by atoms with Crippen molar-refractivity contribution in [3.05, 3.63) is 41.8 Å². The minimum absolute atomic E-state index is 0.311. The topological polar surface area (TPSA) is 12.9 Å². The van der Waals surface area contributed by atoms with Gasteiger partial charge < -0.3 is 0 Å². The molecule has 2 aromatic rings. The summed E-state index contributed by atoms with van der Waals surface area (Å²) in [7, 11) is 0. The van der Waals surface area contributed by atoms with Gasteiger partial charge in [0.25, 0.3) is 0 Å². The fourth-order valence-corrected chi connectivity index (χ4v) is 1.44. The number of fused-ring (bicyclic) bond motifs is 1. The number of rotatable bonds is 1. The van der Waals surface area contributed by atoms with Gasteiger partial charge in [0.05, 0.1) is 0 Å². The van der Waals surface area contributed by atoms with Crippen molar-refractivity contribution in [2.24, 2.45) is 0 Å². The highest BCUT2D eigenvalue weighted by Crippen LogP contribution is 2.18. The molecule has 0 aliphatic rings. The SMILES string of the molecule is Fc1cc(CCl)cc2cccnc12. The zero-order chi connectivity index (χ0) is 9.26. The Morgan fingerprint density at radius 2 is 2.23 bits per heavy atom. The molecule has 0 N–H and O–H groups in total. The highest BCUT2D eigenvalue weighted by Gasteiger charge is 2.02. The third kappa shape index (κ3) is 1.49. The third-order valence-corrected chi connectivity index (χ3v) is 2.18. The van der Waals surface area contributed by atoms with Crippen molar-refractivity contribution < 1.29 is 4.39 Å². The molecule has 1 aromatic heterocycles. The van der Waals surface area contributed by atoms with Crippen LogP contribution in [0.25, 0.3) is 10.9 Å². The average molecular weight is 196 g/mol. The number of hydrogen-bond donors (Lipinski definition) is 0. The number of pyridine rings is 1. The summed E-state index contributed by atoms with van der Waals surface area (Å²) in [5.74, 6) is 0.00984. The van der Waals surface area contributed by atoms with Gasteiger partial charge in [-0.05, 0) is 23.8 Å². The van der Waals surface area contributed by atoms with E-state index in [9.17, 15) is 4.39 Å². The standard InChI is InChI=1S/C10H7ClFN/c11-6-7-4-8-2-1-3-13-10(8)9(12)5-7/h1-5H,6H2. The summed E-state index contributed by atoms with van der Waals surface area (Å²) < 4.78 is 13.3. The van der Waals surface area contributed by atoms with Gasteiger partial charge in [0, 0.05) is 17.5 Å². The monoisotopic (exact) mass is 195 g/mol. The van der Waals surface area contributed by atoms with Gasteiger partial charge >= 0.3 is 0 Å². The van der Waals surface area contributed by atoms with Gasteiger partial charge in [0.2, 0.25) is 0 Å². The molecular weight excluding hydrogens is 189 g/mol. The van der Waals surface area contributed by atoms with Crippen LogP contribution in [-0.4, -0.2) is 4.98 Å². The molecule has 0 atom stereocenters. The van der Waals surface area contributed by atoms with Crippen LogP contribution in [0.15, 0.2) is 30.5 Å². The molecule has 0 saturated heterocycles. The van der Waals surface area contributed by atoms with Crippen LogP contribution in [-0.2, 0) is 5.88 Å². The van der Waals surface area contributed by atoms with E-state index in [1.165, 1.54) is 6.07 Å². The molecule has 1 aromatic carbocycles. The molecule has 0 unspecified atom stereocenters. The molecule has 0 aliphatic heterocycles. The lowest BCUT2D eigenvalue weighted by molar-refractivity contribution is 0.635. The van der Waals surface area contributed by atoms with Gasteiger partial charge in [-0.1, -0.05) is 6.07 Å². The van der Waals surface area contributed by atoms with E-state index < -0.39 is 0 Å². The van der Waals surface area contributed by atoms with Crippen LogP contribution in [0, 0.1) is 5.82 Å². The Morgan fingerprint density at radius 3 is 3.00 bits per heavy atom. The quantitative estimate of drug-likeness (QED) is 0.638. The third-order valence-electron chi connectivity index (χ3n) is 1.87. The number of benzene rings is 1. The van der Waals surface area contributed by atoms with Crippen molar-refractivity contribution in [1.29, 1.82) is 0 Å². The van der Waals surface area contributed by atoms with E-state index in [4.69, 9.17) is 11.6 Å². The van der Waals surface area contributed by atoms with Crippen LogP contribution in [0.4, 0.5) is 4.39 Å². The molecule has 2 rings (SSSR count). The maximum atomic E-state index is 13.3. The van der Waals surface area contributed by atoms with E-state index in [0.717, 1.165) is 10.9 Å². The van der Waals surface area contributed by atoms with Gasteiger partial charge in [-0.15, -0.1) is 11.6 Å². The maximum absolute atomic E-state index is 13.3. The zero-order valence-electron chi connectivity index (χ0n) is 6.80. The van der Waals surface area contributed by atoms with Crippen LogP contribution in [0.5, 0.6) is 0 Å². The van der Waals surface area contributed by atoms with Crippen molar-refractivity contribution in [3.63, 3.8) is 0 Å². The predicted molar refractivity (Wildman–Crippen MR) is 51.3 cm³/mol. The van der Waals surface area contributed by atoms with E-state index in [-0.39, 0.29) is 5.82 Å². The Morgan fingerprint density at radius 1 is 1.38 bits per heavy atom. The average Bonchev–Trinajstić information content (AvgIpc) is 2.18. The van der Waals surface area contributed by atoms with Gasteiger partial charge in [-0.3, -0.25) is 4.98 Å². The molecular formula is C10H7ClFN. The van der Waals surface area contributed by atoms with E-state index >= 15 is 0 Å². The molecule has 3 heteroatoms. The van der Waals surface area contributed by atoms with Gasteiger partial charge in [0.15, 0.2) is 0 Å². The molecule has 0 aliphatic carbocycles. The summed E-state index contributed by atoms with van der Waals surface area (Å²) in [6.07, 6.45) is 1.58. The first-order valence-electron chi connectivity index (χ1n) is 3.90. The lowest BCUT2D eigenvalue weighted by Gasteiger charge is -2.00. The van der Waals surface area contributed by atoms with Crippen LogP contribution in [0.3, 0.4) is 0 Å². The van der Waals surface area contributed by atoms with E-state index in [0.29, 0.717) is 11.4 Å². The van der Waals surface area contributed by atoms with Crippen LogP contribution < -0.4 is 0 Å². The minimum atomic E-state index is -0.311. The van der Waals surface area contributed by atoms with Gasteiger partial charge in [-0.25, -0.2) is 4.39 Å². The fourth-order valence-electron chi connectivity index (χ4n) is 1.28. The van der Waals surface area contributed by atoms with Crippen molar-refractivity contribution >= 4 is 22.5 Å². The Bertz CT molecular complexity index is 442. The second-order valence-electron chi connectivity index (χ2n) is 2.79. The first kappa shape index (κ1) is 8.45. The van der Waals surface area contributed by atoms with E-state index in [1.54, 1.807) is 12.3 Å². The molecule has 0 bridgehead atoms. The van der Waals surface area contributed by atoms with Crippen molar-refractivity contribution in [2.45, 2.75) is 5.88 Å². The molecule has 0 spiro atoms. The minimum Gasteiger partial charge on any atom is -0.253 e. The summed E-state index contributed by atoms with van der Waals surface area (Å²) in [6, 6.07) is 6.86. The Kier molecular flexibility index (Phi) is 2.15. The lowest BCUT2D eigenvalue weighted by atomic mass is 10.1. The molecule has 0 radical (unpaired) electrons. The smallest absolute Gasteiger partial charge is 0.149 e. The van der Waals surface area contributed by atoms with Crippen molar-refractivity contribution in [2.75, 3.05) is 0 Å². The van der Waals surface area contributed by atoms with Crippen molar-refractivity contribution in [1.82, 2.24) is 4.98 Å². The Hall–Kier alpha value is -1.15.